The Hall–Kier alpha value is -2.45. The summed E-state index contributed by atoms with van der Waals surface area (Å²) in [6.07, 6.45) is 3.01. The van der Waals surface area contributed by atoms with Gasteiger partial charge < -0.3 is 0 Å². The lowest BCUT2D eigenvalue weighted by atomic mass is 10.0. The molecule has 0 atom stereocenters. The number of rotatable bonds is 4. The van der Waals surface area contributed by atoms with Crippen LogP contribution in [0.4, 0.5) is 0 Å². The molecule has 21 heavy (non-hydrogen) atoms. The number of hydrogen-bond donors (Lipinski definition) is 0. The first-order valence-corrected chi connectivity index (χ1v) is 7.61. The van der Waals surface area contributed by atoms with Crippen LogP contribution in [0.25, 0.3) is 11.6 Å². The van der Waals surface area contributed by atoms with E-state index in [9.17, 15) is 4.79 Å². The number of carbonyl (C=O) groups excluding carboxylic acids is 1. The maximum absolute atomic E-state index is 10.9. The highest BCUT2D eigenvalue weighted by molar-refractivity contribution is 7.11. The highest BCUT2D eigenvalue weighted by Crippen LogP contribution is 2.29. The average Bonchev–Trinajstić information content (AvgIpc) is 3.08. The molecule has 0 saturated carbocycles. The van der Waals surface area contributed by atoms with Gasteiger partial charge in [0.2, 0.25) is 0 Å². The van der Waals surface area contributed by atoms with Crippen molar-refractivity contribution in [3.63, 3.8) is 0 Å². The summed E-state index contributed by atoms with van der Waals surface area (Å²) in [5.74, 6) is 0. The van der Waals surface area contributed by atoms with Crippen molar-refractivity contribution >= 4 is 29.3 Å². The molecule has 0 fully saturated rings. The zero-order valence-electron chi connectivity index (χ0n) is 11.4. The molecule has 102 valence electrons. The number of aldehydes is 1. The molecule has 3 aromatic rings. The van der Waals surface area contributed by atoms with Crippen molar-refractivity contribution in [3.8, 4) is 0 Å². The van der Waals surface area contributed by atoms with Gasteiger partial charge in [-0.05, 0) is 40.3 Å². The maximum atomic E-state index is 10.9. The predicted molar refractivity (Wildman–Crippen MR) is 89.6 cm³/mol. The second-order valence-electron chi connectivity index (χ2n) is 4.69. The van der Waals surface area contributed by atoms with E-state index in [-0.39, 0.29) is 0 Å². The highest BCUT2D eigenvalue weighted by Gasteiger charge is 2.06. The van der Waals surface area contributed by atoms with E-state index >= 15 is 0 Å². The van der Waals surface area contributed by atoms with E-state index in [1.807, 2.05) is 42.5 Å². The molecule has 0 saturated heterocycles. The fourth-order valence-corrected chi connectivity index (χ4v) is 3.00. The number of benzene rings is 2. The molecular weight excluding hydrogens is 276 g/mol. The van der Waals surface area contributed by atoms with Crippen LogP contribution >= 0.6 is 11.3 Å². The summed E-state index contributed by atoms with van der Waals surface area (Å²) >= 11 is 1.72. The molecule has 0 amide bonds. The maximum Gasteiger partial charge on any atom is 0.150 e. The lowest BCUT2D eigenvalue weighted by Crippen LogP contribution is -1.86. The topological polar surface area (TPSA) is 17.1 Å². The zero-order valence-corrected chi connectivity index (χ0v) is 12.2. The molecule has 0 radical (unpaired) electrons. The quantitative estimate of drug-likeness (QED) is 0.480. The van der Waals surface area contributed by atoms with Crippen LogP contribution in [0, 0.1) is 0 Å². The van der Waals surface area contributed by atoms with Crippen molar-refractivity contribution in [2.24, 2.45) is 0 Å². The van der Waals surface area contributed by atoms with Gasteiger partial charge in [-0.15, -0.1) is 11.3 Å². The lowest BCUT2D eigenvalue weighted by Gasteiger charge is -2.06. The van der Waals surface area contributed by atoms with Gasteiger partial charge >= 0.3 is 0 Å². The Balaban J connectivity index is 2.11. The van der Waals surface area contributed by atoms with Crippen molar-refractivity contribution in [3.05, 3.63) is 93.7 Å². The second-order valence-corrected chi connectivity index (χ2v) is 5.64. The molecule has 3 rings (SSSR count). The van der Waals surface area contributed by atoms with Gasteiger partial charge in [0, 0.05) is 10.4 Å². The minimum absolute atomic E-state index is 0.697. The molecular formula is C19H14OS. The van der Waals surface area contributed by atoms with E-state index in [1.54, 1.807) is 11.3 Å². The predicted octanol–water partition coefficient (Wildman–Crippen LogP) is 5.15. The van der Waals surface area contributed by atoms with E-state index in [4.69, 9.17) is 0 Å². The number of hydrogen-bond acceptors (Lipinski definition) is 2. The molecule has 0 unspecified atom stereocenters. The third-order valence-corrected chi connectivity index (χ3v) is 4.13. The first-order chi connectivity index (χ1) is 10.4. The molecule has 0 bridgehead atoms. The Bertz CT molecular complexity index is 755. The SMILES string of the molecule is O=Cc1cccc(/C=C(/c2ccccc2)c2cccs2)c1. The summed E-state index contributed by atoms with van der Waals surface area (Å²) < 4.78 is 0. The Kier molecular flexibility index (Phi) is 4.08. The van der Waals surface area contributed by atoms with Crippen LogP contribution in [-0.4, -0.2) is 6.29 Å². The third kappa shape index (κ3) is 3.18. The Labute approximate surface area is 128 Å². The van der Waals surface area contributed by atoms with Crippen molar-refractivity contribution in [1.29, 1.82) is 0 Å². The van der Waals surface area contributed by atoms with Gasteiger partial charge in [0.15, 0.2) is 0 Å². The molecule has 1 aromatic heterocycles. The largest absolute Gasteiger partial charge is 0.298 e. The van der Waals surface area contributed by atoms with Crippen LogP contribution in [-0.2, 0) is 0 Å². The van der Waals surface area contributed by atoms with E-state index in [2.05, 4.69) is 35.7 Å². The minimum Gasteiger partial charge on any atom is -0.298 e. The highest BCUT2D eigenvalue weighted by atomic mass is 32.1. The first kappa shape index (κ1) is 13.5. The van der Waals surface area contributed by atoms with Crippen LogP contribution in [0.2, 0.25) is 0 Å². The molecule has 0 spiro atoms. The molecule has 0 aliphatic heterocycles. The van der Waals surface area contributed by atoms with E-state index in [1.165, 1.54) is 16.0 Å². The van der Waals surface area contributed by atoms with Gasteiger partial charge in [-0.3, -0.25) is 4.79 Å². The Morgan fingerprint density at radius 3 is 2.38 bits per heavy atom. The first-order valence-electron chi connectivity index (χ1n) is 6.73. The summed E-state index contributed by atoms with van der Waals surface area (Å²) in [6, 6.07) is 22.1. The third-order valence-electron chi connectivity index (χ3n) is 3.23. The standard InChI is InChI=1S/C19H14OS/c20-14-16-7-4-6-15(12-16)13-18(19-10-5-11-21-19)17-8-2-1-3-9-17/h1-14H/b18-13-. The van der Waals surface area contributed by atoms with Gasteiger partial charge in [-0.2, -0.15) is 0 Å². The molecule has 1 heterocycles. The fraction of sp³-hybridized carbons (Fsp3) is 0. The fourth-order valence-electron chi connectivity index (χ4n) is 2.24. The molecule has 0 N–H and O–H groups in total. The lowest BCUT2D eigenvalue weighted by molar-refractivity contribution is 0.112. The summed E-state index contributed by atoms with van der Waals surface area (Å²) in [5.41, 5.74) is 4.08. The molecule has 0 aliphatic rings. The summed E-state index contributed by atoms with van der Waals surface area (Å²) in [5, 5.41) is 2.08. The van der Waals surface area contributed by atoms with Crippen molar-refractivity contribution < 1.29 is 4.79 Å². The van der Waals surface area contributed by atoms with Gasteiger partial charge in [-0.25, -0.2) is 0 Å². The van der Waals surface area contributed by atoms with Crippen LogP contribution in [0.5, 0.6) is 0 Å². The minimum atomic E-state index is 0.697. The number of thiophene rings is 1. The number of carbonyl (C=O) groups is 1. The van der Waals surface area contributed by atoms with Crippen LogP contribution in [0.3, 0.4) is 0 Å². The van der Waals surface area contributed by atoms with Crippen LogP contribution < -0.4 is 0 Å². The second kappa shape index (κ2) is 6.33. The molecule has 1 nitrogen and oxygen atoms in total. The van der Waals surface area contributed by atoms with E-state index in [0.29, 0.717) is 5.56 Å². The summed E-state index contributed by atoms with van der Waals surface area (Å²) in [7, 11) is 0. The molecule has 0 aliphatic carbocycles. The van der Waals surface area contributed by atoms with E-state index < -0.39 is 0 Å². The Morgan fingerprint density at radius 2 is 1.67 bits per heavy atom. The van der Waals surface area contributed by atoms with Crippen molar-refractivity contribution in [2.75, 3.05) is 0 Å². The van der Waals surface area contributed by atoms with Gasteiger partial charge in [0.05, 0.1) is 0 Å². The van der Waals surface area contributed by atoms with Crippen molar-refractivity contribution in [1.82, 2.24) is 0 Å². The Morgan fingerprint density at radius 1 is 0.857 bits per heavy atom. The average molecular weight is 290 g/mol. The zero-order chi connectivity index (χ0) is 14.5. The smallest absolute Gasteiger partial charge is 0.150 e. The van der Waals surface area contributed by atoms with Crippen LogP contribution in [0.1, 0.15) is 26.4 Å². The van der Waals surface area contributed by atoms with Crippen LogP contribution in [0.15, 0.2) is 72.1 Å². The van der Waals surface area contributed by atoms with Gasteiger partial charge in [0.1, 0.15) is 6.29 Å². The molecule has 2 aromatic carbocycles. The summed E-state index contributed by atoms with van der Waals surface area (Å²) in [6.45, 7) is 0. The van der Waals surface area contributed by atoms with Gasteiger partial charge in [-0.1, -0.05) is 54.6 Å². The van der Waals surface area contributed by atoms with Gasteiger partial charge in [0.25, 0.3) is 0 Å². The van der Waals surface area contributed by atoms with Crippen molar-refractivity contribution in [2.45, 2.75) is 0 Å². The normalized spacial score (nSPS) is 11.3. The summed E-state index contributed by atoms with van der Waals surface area (Å²) in [4.78, 5) is 12.1. The van der Waals surface area contributed by atoms with E-state index in [0.717, 1.165) is 11.8 Å². The molecule has 2 heteroatoms. The monoisotopic (exact) mass is 290 g/mol.